The molecule has 0 aromatic carbocycles. The highest BCUT2D eigenvalue weighted by molar-refractivity contribution is 5.83. The van der Waals surface area contributed by atoms with Gasteiger partial charge in [-0.2, -0.15) is 0 Å². The number of nitrogens with zero attached hydrogens (tertiary/aromatic N) is 3. The van der Waals surface area contributed by atoms with E-state index in [9.17, 15) is 9.59 Å². The summed E-state index contributed by atoms with van der Waals surface area (Å²) in [4.78, 5) is 31.9. The molecule has 5 heteroatoms. The van der Waals surface area contributed by atoms with Gasteiger partial charge in [0.05, 0.1) is 5.92 Å². The number of amides is 2. The Bertz CT molecular complexity index is 491. The van der Waals surface area contributed by atoms with Crippen LogP contribution in [0.25, 0.3) is 0 Å². The van der Waals surface area contributed by atoms with Gasteiger partial charge in [0.25, 0.3) is 0 Å². The second-order valence-corrected chi connectivity index (χ2v) is 8.02. The van der Waals surface area contributed by atoms with Gasteiger partial charge in [0, 0.05) is 44.2 Å². The summed E-state index contributed by atoms with van der Waals surface area (Å²) < 4.78 is 0. The number of hydrogen-bond acceptors (Lipinski definition) is 3. The Balaban J connectivity index is 1.39. The van der Waals surface area contributed by atoms with Gasteiger partial charge in [0.2, 0.25) is 11.8 Å². The molecular weight excluding hydrogens is 290 g/mol. The molecule has 3 aliphatic heterocycles. The van der Waals surface area contributed by atoms with Crippen LogP contribution in [0.3, 0.4) is 0 Å². The summed E-state index contributed by atoms with van der Waals surface area (Å²) in [5.74, 6) is 0.913. The van der Waals surface area contributed by atoms with Crippen LogP contribution < -0.4 is 0 Å². The molecule has 2 bridgehead atoms. The molecule has 0 aromatic rings. The summed E-state index contributed by atoms with van der Waals surface area (Å²) in [5, 5.41) is 0. The fraction of sp³-hybridized carbons (Fsp3) is 0.889. The van der Waals surface area contributed by atoms with E-state index >= 15 is 0 Å². The van der Waals surface area contributed by atoms with Crippen LogP contribution in [0.15, 0.2) is 0 Å². The minimum atomic E-state index is 0.0355. The van der Waals surface area contributed by atoms with Crippen LogP contribution in [-0.2, 0) is 9.59 Å². The summed E-state index contributed by atoms with van der Waals surface area (Å²) in [6.07, 6.45) is 7.65. The van der Waals surface area contributed by atoms with Crippen molar-refractivity contribution in [3.8, 4) is 0 Å². The fourth-order valence-electron chi connectivity index (χ4n) is 4.73. The minimum Gasteiger partial charge on any atom is -0.342 e. The topological polar surface area (TPSA) is 43.9 Å². The molecule has 0 spiro atoms. The van der Waals surface area contributed by atoms with Crippen molar-refractivity contribution in [3.63, 3.8) is 0 Å². The second kappa shape index (κ2) is 6.08. The zero-order chi connectivity index (χ0) is 16.0. The van der Waals surface area contributed by atoms with E-state index in [1.165, 1.54) is 12.8 Å². The highest BCUT2D eigenvalue weighted by atomic mass is 16.2. The van der Waals surface area contributed by atoms with Crippen molar-refractivity contribution in [2.45, 2.75) is 57.0 Å². The van der Waals surface area contributed by atoms with Crippen molar-refractivity contribution in [3.05, 3.63) is 0 Å². The third kappa shape index (κ3) is 3.00. The van der Waals surface area contributed by atoms with Crippen LogP contribution in [0.2, 0.25) is 0 Å². The number of carbonyl (C=O) groups is 2. The zero-order valence-corrected chi connectivity index (χ0v) is 14.2. The standard InChI is InChI=1S/C18H29N3O2/c1-19-15-6-7-16(19)12-21(10-8-15)18(23)14-3-2-9-20(11-14)17(22)13-4-5-13/h13-16H,2-12H2,1H3. The molecule has 5 nitrogen and oxygen atoms in total. The van der Waals surface area contributed by atoms with E-state index in [-0.39, 0.29) is 11.8 Å². The highest BCUT2D eigenvalue weighted by Gasteiger charge is 2.40. The Hall–Kier alpha value is -1.10. The third-order valence-electron chi connectivity index (χ3n) is 6.47. The van der Waals surface area contributed by atoms with Gasteiger partial charge >= 0.3 is 0 Å². The van der Waals surface area contributed by atoms with Crippen molar-refractivity contribution in [2.75, 3.05) is 33.2 Å². The van der Waals surface area contributed by atoms with E-state index in [0.29, 0.717) is 30.4 Å². The largest absolute Gasteiger partial charge is 0.342 e. The summed E-state index contributed by atoms with van der Waals surface area (Å²) in [6.45, 7) is 3.30. The fourth-order valence-corrected chi connectivity index (χ4v) is 4.73. The number of likely N-dealkylation sites (N-methyl/N-ethyl adjacent to an activating group) is 1. The first-order valence-electron chi connectivity index (χ1n) is 9.43. The van der Waals surface area contributed by atoms with Crippen molar-refractivity contribution in [1.29, 1.82) is 0 Å². The SMILES string of the molecule is CN1C2CCC1CN(C(=O)C1CCCN(C(=O)C3CC3)C1)CC2. The monoisotopic (exact) mass is 319 g/mol. The van der Waals surface area contributed by atoms with Gasteiger partial charge in [-0.25, -0.2) is 0 Å². The molecule has 23 heavy (non-hydrogen) atoms. The quantitative estimate of drug-likeness (QED) is 0.771. The van der Waals surface area contributed by atoms with Crippen molar-refractivity contribution in [1.82, 2.24) is 14.7 Å². The average molecular weight is 319 g/mol. The molecule has 3 atom stereocenters. The second-order valence-electron chi connectivity index (χ2n) is 8.02. The van der Waals surface area contributed by atoms with E-state index in [1.54, 1.807) is 0 Å². The van der Waals surface area contributed by atoms with Crippen LogP contribution in [0.1, 0.15) is 44.9 Å². The molecule has 4 rings (SSSR count). The van der Waals surface area contributed by atoms with E-state index < -0.39 is 0 Å². The minimum absolute atomic E-state index is 0.0355. The first-order chi connectivity index (χ1) is 11.1. The van der Waals surface area contributed by atoms with Gasteiger partial charge in [0.1, 0.15) is 0 Å². The van der Waals surface area contributed by atoms with E-state index in [1.807, 2.05) is 4.90 Å². The van der Waals surface area contributed by atoms with Gasteiger partial charge in [-0.15, -0.1) is 0 Å². The molecule has 3 saturated heterocycles. The number of piperidine rings is 1. The number of likely N-dealkylation sites (tertiary alicyclic amines) is 2. The van der Waals surface area contributed by atoms with Gasteiger partial charge in [-0.05, 0) is 52.0 Å². The molecule has 4 aliphatic rings. The van der Waals surface area contributed by atoms with Gasteiger partial charge < -0.3 is 9.80 Å². The maximum Gasteiger partial charge on any atom is 0.227 e. The van der Waals surface area contributed by atoms with Crippen LogP contribution in [0.4, 0.5) is 0 Å². The number of rotatable bonds is 2. The Morgan fingerprint density at radius 2 is 1.43 bits per heavy atom. The van der Waals surface area contributed by atoms with E-state index in [2.05, 4.69) is 16.8 Å². The lowest BCUT2D eigenvalue weighted by atomic mass is 9.95. The normalized spacial score (nSPS) is 35.3. The summed E-state index contributed by atoms with van der Waals surface area (Å²) in [5.41, 5.74) is 0. The zero-order valence-electron chi connectivity index (χ0n) is 14.2. The molecule has 1 saturated carbocycles. The van der Waals surface area contributed by atoms with Crippen molar-refractivity contribution < 1.29 is 9.59 Å². The smallest absolute Gasteiger partial charge is 0.227 e. The van der Waals surface area contributed by atoms with Crippen molar-refractivity contribution in [2.24, 2.45) is 11.8 Å². The van der Waals surface area contributed by atoms with Crippen LogP contribution >= 0.6 is 0 Å². The van der Waals surface area contributed by atoms with Gasteiger partial charge in [-0.3, -0.25) is 14.5 Å². The summed E-state index contributed by atoms with van der Waals surface area (Å²) >= 11 is 0. The maximum atomic E-state index is 13.0. The number of fused-ring (bicyclic) bond motifs is 2. The highest BCUT2D eigenvalue weighted by Crippen LogP contribution is 2.33. The summed E-state index contributed by atoms with van der Waals surface area (Å²) in [7, 11) is 2.22. The third-order valence-corrected chi connectivity index (χ3v) is 6.47. The number of hydrogen-bond donors (Lipinski definition) is 0. The Morgan fingerprint density at radius 3 is 2.22 bits per heavy atom. The van der Waals surface area contributed by atoms with Gasteiger partial charge in [-0.1, -0.05) is 0 Å². The van der Waals surface area contributed by atoms with Crippen LogP contribution in [-0.4, -0.2) is 71.8 Å². The first-order valence-corrected chi connectivity index (χ1v) is 9.43. The molecular formula is C18H29N3O2. The molecule has 2 amide bonds. The molecule has 1 aliphatic carbocycles. The average Bonchev–Trinajstić information content (AvgIpc) is 3.35. The molecule has 4 fully saturated rings. The first kappa shape index (κ1) is 15.4. The molecule has 0 aromatic heterocycles. The Kier molecular flexibility index (Phi) is 4.08. The number of carbonyl (C=O) groups excluding carboxylic acids is 2. The summed E-state index contributed by atoms with van der Waals surface area (Å²) in [6, 6.07) is 1.20. The van der Waals surface area contributed by atoms with Crippen molar-refractivity contribution >= 4 is 11.8 Å². The Morgan fingerprint density at radius 1 is 0.739 bits per heavy atom. The molecule has 0 radical (unpaired) electrons. The predicted molar refractivity (Wildman–Crippen MR) is 87.8 cm³/mol. The molecule has 128 valence electrons. The van der Waals surface area contributed by atoms with Crippen LogP contribution in [0.5, 0.6) is 0 Å². The van der Waals surface area contributed by atoms with Crippen LogP contribution in [0, 0.1) is 11.8 Å². The van der Waals surface area contributed by atoms with E-state index in [0.717, 1.165) is 51.7 Å². The Labute approximate surface area is 139 Å². The lowest BCUT2D eigenvalue weighted by Crippen LogP contribution is -2.49. The van der Waals surface area contributed by atoms with E-state index in [4.69, 9.17) is 0 Å². The van der Waals surface area contributed by atoms with Gasteiger partial charge in [0.15, 0.2) is 0 Å². The maximum absolute atomic E-state index is 13.0. The molecule has 3 heterocycles. The lowest BCUT2D eigenvalue weighted by molar-refractivity contribution is -0.141. The molecule has 0 N–H and O–H groups in total. The molecule has 3 unspecified atom stereocenters. The predicted octanol–water partition coefficient (Wildman–Crippen LogP) is 1.33. The lowest BCUT2D eigenvalue weighted by Gasteiger charge is -2.35.